The van der Waals surface area contributed by atoms with Gasteiger partial charge in [-0.1, -0.05) is 19.9 Å². The van der Waals surface area contributed by atoms with Crippen LogP contribution in [0.1, 0.15) is 13.8 Å². The number of hydrogen-bond acceptors (Lipinski definition) is 3. The maximum atomic E-state index is 9.92. The Hall–Kier alpha value is -0.380. The van der Waals surface area contributed by atoms with Gasteiger partial charge >= 0.3 is 0 Å². The highest BCUT2D eigenvalue weighted by Gasteiger charge is 2.52. The van der Waals surface area contributed by atoms with Crippen LogP contribution in [-0.2, 0) is 9.47 Å². The third kappa shape index (κ3) is 1.08. The predicted molar refractivity (Wildman–Crippen MR) is 48.1 cm³/mol. The third-order valence-corrected chi connectivity index (χ3v) is 3.36. The Labute approximate surface area is 78.3 Å². The molecule has 3 heteroatoms. The van der Waals surface area contributed by atoms with Gasteiger partial charge in [-0.25, -0.2) is 0 Å². The molecule has 2 aliphatic heterocycles. The number of ether oxygens (including phenoxy) is 2. The van der Waals surface area contributed by atoms with Crippen molar-refractivity contribution in [2.75, 3.05) is 7.11 Å². The Bertz CT molecular complexity index is 238. The lowest BCUT2D eigenvalue weighted by molar-refractivity contribution is -0.279. The average Bonchev–Trinajstić information content (AvgIpc) is 2.55. The SMILES string of the molecule is CO[C@@]12C=C[C@@H](O1)[C@H](C)[C@H](O)[C@@H]2C. The molecule has 0 aliphatic carbocycles. The van der Waals surface area contributed by atoms with Crippen molar-refractivity contribution in [3.8, 4) is 0 Å². The Kier molecular flexibility index (Phi) is 1.98. The molecule has 0 saturated carbocycles. The van der Waals surface area contributed by atoms with E-state index < -0.39 is 5.79 Å². The number of methoxy groups -OCH3 is 1. The van der Waals surface area contributed by atoms with Gasteiger partial charge in [-0.3, -0.25) is 0 Å². The van der Waals surface area contributed by atoms with Crippen LogP contribution in [0.2, 0.25) is 0 Å². The van der Waals surface area contributed by atoms with Gasteiger partial charge in [0.15, 0.2) is 5.79 Å². The van der Waals surface area contributed by atoms with Gasteiger partial charge in [0.25, 0.3) is 0 Å². The summed E-state index contributed by atoms with van der Waals surface area (Å²) in [6.07, 6.45) is 3.57. The second kappa shape index (κ2) is 2.80. The van der Waals surface area contributed by atoms with E-state index in [9.17, 15) is 5.11 Å². The van der Waals surface area contributed by atoms with E-state index in [0.29, 0.717) is 0 Å². The first-order chi connectivity index (χ1) is 6.10. The lowest BCUT2D eigenvalue weighted by Gasteiger charge is -2.43. The normalized spacial score (nSPS) is 54.2. The Morgan fingerprint density at radius 1 is 1.46 bits per heavy atom. The predicted octanol–water partition coefficient (Wildman–Crippen LogP) is 0.931. The minimum absolute atomic E-state index is 0.00569. The molecule has 1 fully saturated rings. The van der Waals surface area contributed by atoms with E-state index in [0.717, 1.165) is 0 Å². The molecule has 74 valence electrons. The van der Waals surface area contributed by atoms with Crippen molar-refractivity contribution < 1.29 is 14.6 Å². The van der Waals surface area contributed by atoms with E-state index in [2.05, 4.69) is 0 Å². The highest BCUT2D eigenvalue weighted by molar-refractivity contribution is 5.16. The lowest BCUT2D eigenvalue weighted by atomic mass is 9.84. The molecule has 2 bridgehead atoms. The highest BCUT2D eigenvalue weighted by atomic mass is 16.7. The Morgan fingerprint density at radius 3 is 2.77 bits per heavy atom. The van der Waals surface area contributed by atoms with Gasteiger partial charge in [0.1, 0.15) is 0 Å². The van der Waals surface area contributed by atoms with Crippen molar-refractivity contribution in [3.05, 3.63) is 12.2 Å². The first-order valence-corrected chi connectivity index (χ1v) is 4.71. The summed E-state index contributed by atoms with van der Waals surface area (Å²) in [4.78, 5) is 0. The fraction of sp³-hybridized carbons (Fsp3) is 0.800. The number of hydrogen-bond donors (Lipinski definition) is 1. The molecule has 0 aromatic rings. The van der Waals surface area contributed by atoms with Gasteiger partial charge in [0.2, 0.25) is 0 Å². The van der Waals surface area contributed by atoms with Crippen molar-refractivity contribution in [1.82, 2.24) is 0 Å². The van der Waals surface area contributed by atoms with Crippen LogP contribution in [0, 0.1) is 11.8 Å². The summed E-state index contributed by atoms with van der Waals surface area (Å²) in [5.74, 6) is -0.545. The Balaban J connectivity index is 2.31. The first kappa shape index (κ1) is 9.19. The smallest absolute Gasteiger partial charge is 0.193 e. The Morgan fingerprint density at radius 2 is 2.15 bits per heavy atom. The third-order valence-electron chi connectivity index (χ3n) is 3.36. The van der Waals surface area contributed by atoms with E-state index in [-0.39, 0.29) is 24.0 Å². The topological polar surface area (TPSA) is 38.7 Å². The van der Waals surface area contributed by atoms with Crippen molar-refractivity contribution in [2.24, 2.45) is 11.8 Å². The van der Waals surface area contributed by atoms with Gasteiger partial charge in [0, 0.05) is 18.9 Å². The van der Waals surface area contributed by atoms with Crippen molar-refractivity contribution in [1.29, 1.82) is 0 Å². The van der Waals surface area contributed by atoms with Crippen LogP contribution in [0.4, 0.5) is 0 Å². The van der Waals surface area contributed by atoms with Crippen molar-refractivity contribution in [2.45, 2.75) is 31.8 Å². The molecule has 3 nitrogen and oxygen atoms in total. The zero-order valence-corrected chi connectivity index (χ0v) is 8.23. The summed E-state index contributed by atoms with van der Waals surface area (Å²) in [6, 6.07) is 0. The highest BCUT2D eigenvalue weighted by Crippen LogP contribution is 2.43. The minimum atomic E-state index is -0.684. The van der Waals surface area contributed by atoms with Crippen LogP contribution < -0.4 is 0 Å². The van der Waals surface area contributed by atoms with Crippen LogP contribution in [0.3, 0.4) is 0 Å². The molecule has 0 spiro atoms. The van der Waals surface area contributed by atoms with Gasteiger partial charge in [-0.05, 0) is 6.08 Å². The monoisotopic (exact) mass is 184 g/mol. The van der Waals surface area contributed by atoms with Gasteiger partial charge in [-0.2, -0.15) is 0 Å². The molecule has 1 saturated heterocycles. The largest absolute Gasteiger partial charge is 0.392 e. The standard InChI is InChI=1S/C10H16O3/c1-6-8-4-5-10(12-3,13-8)7(2)9(6)11/h4-9,11H,1-3H3/t6-,7-,8+,9-,10-/m0/s1. The quantitative estimate of drug-likeness (QED) is 0.616. The second-order valence-electron chi connectivity index (χ2n) is 4.01. The molecule has 1 N–H and O–H groups in total. The second-order valence-corrected chi connectivity index (χ2v) is 4.01. The number of fused-ring (bicyclic) bond motifs is 2. The van der Waals surface area contributed by atoms with Crippen molar-refractivity contribution in [3.63, 3.8) is 0 Å². The maximum absolute atomic E-state index is 9.92. The molecule has 0 radical (unpaired) electrons. The van der Waals surface area contributed by atoms with Crippen LogP contribution in [0.15, 0.2) is 12.2 Å². The first-order valence-electron chi connectivity index (χ1n) is 4.71. The van der Waals surface area contributed by atoms with E-state index >= 15 is 0 Å². The molecular formula is C10H16O3. The fourth-order valence-electron chi connectivity index (χ4n) is 2.25. The summed E-state index contributed by atoms with van der Waals surface area (Å²) >= 11 is 0. The molecule has 2 heterocycles. The summed E-state index contributed by atoms with van der Waals surface area (Å²) in [6.45, 7) is 3.96. The zero-order chi connectivity index (χ0) is 9.64. The van der Waals surface area contributed by atoms with E-state index in [1.165, 1.54) is 0 Å². The molecular weight excluding hydrogens is 168 g/mol. The van der Waals surface area contributed by atoms with Gasteiger partial charge < -0.3 is 14.6 Å². The molecule has 2 rings (SSSR count). The summed E-state index contributed by atoms with van der Waals surface area (Å²) in [5.41, 5.74) is 0. The number of rotatable bonds is 1. The average molecular weight is 184 g/mol. The van der Waals surface area contributed by atoms with E-state index in [4.69, 9.17) is 9.47 Å². The molecule has 0 aromatic heterocycles. The molecule has 0 aromatic carbocycles. The van der Waals surface area contributed by atoms with Crippen LogP contribution >= 0.6 is 0 Å². The summed E-state index contributed by atoms with van der Waals surface area (Å²) in [7, 11) is 1.62. The molecule has 13 heavy (non-hydrogen) atoms. The molecule has 0 amide bonds. The zero-order valence-electron chi connectivity index (χ0n) is 8.23. The van der Waals surface area contributed by atoms with Gasteiger partial charge in [0.05, 0.1) is 12.2 Å². The maximum Gasteiger partial charge on any atom is 0.193 e. The molecule has 5 atom stereocenters. The summed E-state index contributed by atoms with van der Waals surface area (Å²) in [5, 5.41) is 9.92. The van der Waals surface area contributed by atoms with Gasteiger partial charge in [-0.15, -0.1) is 0 Å². The van der Waals surface area contributed by atoms with E-state index in [1.54, 1.807) is 7.11 Å². The van der Waals surface area contributed by atoms with Crippen LogP contribution in [0.5, 0.6) is 0 Å². The van der Waals surface area contributed by atoms with Crippen LogP contribution in [-0.4, -0.2) is 30.2 Å². The molecule has 0 unspecified atom stereocenters. The number of aliphatic hydroxyl groups is 1. The van der Waals surface area contributed by atoms with Crippen molar-refractivity contribution >= 4 is 0 Å². The fourth-order valence-corrected chi connectivity index (χ4v) is 2.25. The minimum Gasteiger partial charge on any atom is -0.392 e. The lowest BCUT2D eigenvalue weighted by Crippen LogP contribution is -2.53. The molecule has 2 aliphatic rings. The van der Waals surface area contributed by atoms with E-state index in [1.807, 2.05) is 26.0 Å². The van der Waals surface area contributed by atoms with Crippen LogP contribution in [0.25, 0.3) is 0 Å². The summed E-state index contributed by atoms with van der Waals surface area (Å²) < 4.78 is 11.1. The number of aliphatic hydroxyl groups excluding tert-OH is 1.